The van der Waals surface area contributed by atoms with Gasteiger partial charge in [0.2, 0.25) is 11.4 Å². The van der Waals surface area contributed by atoms with E-state index in [1.165, 1.54) is 43.0 Å². The van der Waals surface area contributed by atoms with Crippen LogP contribution in [0.2, 0.25) is 0 Å². The van der Waals surface area contributed by atoms with Crippen molar-refractivity contribution in [1.29, 1.82) is 0 Å². The molecule has 0 radical (unpaired) electrons. The van der Waals surface area contributed by atoms with Gasteiger partial charge in [0.15, 0.2) is 0 Å². The van der Waals surface area contributed by atoms with E-state index < -0.39 is 63.6 Å². The number of alkyl carbamates (subject to hydrolysis) is 1. The number of carboxylic acid groups (broad SMARTS) is 1. The largest absolute Gasteiger partial charge is 0.480 e. The van der Waals surface area contributed by atoms with Crippen LogP contribution < -0.4 is 16.4 Å². The molecule has 5 N–H and O–H groups in total. The Labute approximate surface area is 244 Å². The molecule has 1 fully saturated rings. The Bertz CT molecular complexity index is 1170. The van der Waals surface area contributed by atoms with Gasteiger partial charge in [-0.25, -0.2) is 9.59 Å². The van der Waals surface area contributed by atoms with Gasteiger partial charge in [-0.1, -0.05) is 0 Å². The fourth-order valence-corrected chi connectivity index (χ4v) is 3.71. The Hall–Kier alpha value is -4.27. The fourth-order valence-electron chi connectivity index (χ4n) is 3.71. The topological polar surface area (TPSA) is 220 Å². The third-order valence-corrected chi connectivity index (χ3v) is 5.59. The third kappa shape index (κ3) is 10.3. The Balaban J connectivity index is 0.000000572. The highest BCUT2D eigenvalue weighted by atomic mass is 16.6. The van der Waals surface area contributed by atoms with Crippen molar-refractivity contribution in [1.82, 2.24) is 10.2 Å². The summed E-state index contributed by atoms with van der Waals surface area (Å²) in [5.41, 5.74) is 2.50. The smallest absolute Gasteiger partial charge is 0.408 e. The molecule has 15 heteroatoms. The van der Waals surface area contributed by atoms with Crippen molar-refractivity contribution >= 4 is 41.2 Å². The van der Waals surface area contributed by atoms with Crippen LogP contribution >= 0.6 is 0 Å². The summed E-state index contributed by atoms with van der Waals surface area (Å²) < 4.78 is 10.3. The molecule has 0 unspecified atom stereocenters. The number of benzene rings is 1. The summed E-state index contributed by atoms with van der Waals surface area (Å²) in [7, 11) is 0. The van der Waals surface area contributed by atoms with Crippen LogP contribution in [-0.2, 0) is 28.7 Å². The number of nitrogens with one attached hydrogen (secondary N) is 2. The summed E-state index contributed by atoms with van der Waals surface area (Å²) >= 11 is 0. The van der Waals surface area contributed by atoms with E-state index in [-0.39, 0.29) is 24.3 Å². The number of hydrogen-bond donors (Lipinski definition) is 4. The first-order valence-electron chi connectivity index (χ1n) is 13.2. The van der Waals surface area contributed by atoms with Gasteiger partial charge in [-0.2, -0.15) is 0 Å². The molecule has 1 aliphatic rings. The maximum absolute atomic E-state index is 13.2. The quantitative estimate of drug-likeness (QED) is 0.155. The predicted octanol–water partition coefficient (Wildman–Crippen LogP) is 2.57. The highest BCUT2D eigenvalue weighted by Crippen LogP contribution is 2.34. The van der Waals surface area contributed by atoms with E-state index in [9.17, 15) is 34.1 Å². The van der Waals surface area contributed by atoms with E-state index in [0.717, 1.165) is 0 Å². The number of carbonyl (C=O) groups excluding carboxylic acids is 4. The second-order valence-electron chi connectivity index (χ2n) is 11.7. The molecule has 15 nitrogen and oxygen atoms in total. The van der Waals surface area contributed by atoms with E-state index in [0.29, 0.717) is 6.42 Å². The van der Waals surface area contributed by atoms with Gasteiger partial charge in [0.1, 0.15) is 17.2 Å². The van der Waals surface area contributed by atoms with Crippen molar-refractivity contribution in [3.63, 3.8) is 0 Å². The molecule has 42 heavy (non-hydrogen) atoms. The number of likely N-dealkylation sites (tertiary alicyclic amines) is 1. The molecule has 234 valence electrons. The van der Waals surface area contributed by atoms with Gasteiger partial charge in [-0.3, -0.25) is 24.5 Å². The molecule has 3 amide bonds. The second-order valence-corrected chi connectivity index (χ2v) is 11.7. The Morgan fingerprint density at radius 3 is 1.98 bits per heavy atom. The van der Waals surface area contributed by atoms with Gasteiger partial charge < -0.3 is 35.8 Å². The number of nitrogens with two attached hydrogens (primary N) is 1. The van der Waals surface area contributed by atoms with Crippen molar-refractivity contribution < 1.29 is 43.5 Å². The summed E-state index contributed by atoms with van der Waals surface area (Å²) in [6.07, 6.45) is -0.215. The molecule has 0 bridgehead atoms. The third-order valence-electron chi connectivity index (χ3n) is 5.59. The number of hydrogen-bond acceptors (Lipinski definition) is 10. The number of amides is 3. The standard InChI is InChI=1S/C19H26N4O6.C8H15NO4/c1-12(20)15(24)22-11-5-10-19(22,17(26)29-18(2,3)4)16(25)21-13-6-8-14(9-7-13)23(27)28;1-5(6(10)11)9-7(12)13-8(2,3)4/h6-9,12H,5,10-11,20H2,1-4H3,(H,21,25);5H,1-4H3,(H,9,12)(H,10,11)/t12-,19-;5-/m00/s1. The molecule has 1 heterocycles. The molecule has 2 rings (SSSR count). The molecule has 0 spiro atoms. The van der Waals surface area contributed by atoms with Crippen LogP contribution in [0.4, 0.5) is 16.2 Å². The number of nitro benzene ring substituents is 1. The van der Waals surface area contributed by atoms with Gasteiger partial charge in [-0.15, -0.1) is 0 Å². The number of anilines is 1. The van der Waals surface area contributed by atoms with Gasteiger partial charge in [0.05, 0.1) is 11.0 Å². The lowest BCUT2D eigenvalue weighted by atomic mass is 9.93. The zero-order valence-electron chi connectivity index (χ0n) is 25.2. The van der Waals surface area contributed by atoms with Crippen molar-refractivity contribution in [2.24, 2.45) is 5.73 Å². The molecule has 1 saturated heterocycles. The number of aliphatic carboxylic acids is 1. The van der Waals surface area contributed by atoms with Crippen molar-refractivity contribution in [2.45, 2.75) is 97.1 Å². The summed E-state index contributed by atoms with van der Waals surface area (Å²) in [6.45, 7) is 13.2. The van der Waals surface area contributed by atoms with Crippen molar-refractivity contribution in [3.05, 3.63) is 34.4 Å². The normalized spacial score (nSPS) is 18.0. The number of nitrogens with zero attached hydrogens (tertiary/aromatic N) is 2. The lowest BCUT2D eigenvalue weighted by Crippen LogP contribution is -2.63. The van der Waals surface area contributed by atoms with Crippen LogP contribution in [-0.4, -0.2) is 80.1 Å². The molecule has 1 aliphatic heterocycles. The number of rotatable bonds is 7. The molecular formula is C27H41N5O10. The molecule has 0 aliphatic carbocycles. The highest BCUT2D eigenvalue weighted by Gasteiger charge is 2.58. The van der Waals surface area contributed by atoms with Crippen LogP contribution in [0.1, 0.15) is 68.2 Å². The van der Waals surface area contributed by atoms with Crippen LogP contribution in [0.15, 0.2) is 24.3 Å². The number of carboxylic acids is 1. The SMILES string of the molecule is C[C@H](N)C(=O)N1CCC[C@]1(C(=O)Nc1ccc([N+](=O)[O-])cc1)C(=O)OC(C)(C)C.C[C@H](NC(=O)OC(C)(C)C)C(=O)O. The molecule has 3 atom stereocenters. The van der Waals surface area contributed by atoms with Crippen molar-refractivity contribution in [3.8, 4) is 0 Å². The number of ether oxygens (including phenoxy) is 2. The summed E-state index contributed by atoms with van der Waals surface area (Å²) in [5, 5.41) is 24.0. The number of carbonyl (C=O) groups is 5. The second kappa shape index (κ2) is 14.1. The van der Waals surface area contributed by atoms with Crippen LogP contribution in [0.25, 0.3) is 0 Å². The first kappa shape index (κ1) is 35.8. The monoisotopic (exact) mass is 595 g/mol. The Morgan fingerprint density at radius 1 is 1.02 bits per heavy atom. The van der Waals surface area contributed by atoms with E-state index in [4.69, 9.17) is 20.3 Å². The van der Waals surface area contributed by atoms with Gasteiger partial charge in [0.25, 0.3) is 11.6 Å². The molecular weight excluding hydrogens is 554 g/mol. The minimum absolute atomic E-state index is 0.0825. The molecule has 1 aromatic rings. The average molecular weight is 596 g/mol. The fraction of sp³-hybridized carbons (Fsp3) is 0.593. The minimum Gasteiger partial charge on any atom is -0.480 e. The van der Waals surface area contributed by atoms with Gasteiger partial charge in [-0.05, 0) is 80.4 Å². The van der Waals surface area contributed by atoms with E-state index in [2.05, 4.69) is 10.6 Å². The summed E-state index contributed by atoms with van der Waals surface area (Å²) in [4.78, 5) is 71.7. The van der Waals surface area contributed by atoms with E-state index in [1.807, 2.05) is 0 Å². The van der Waals surface area contributed by atoms with E-state index >= 15 is 0 Å². The zero-order chi connectivity index (χ0) is 32.6. The number of esters is 1. The molecule has 1 aromatic carbocycles. The number of nitro groups is 1. The van der Waals surface area contributed by atoms with Gasteiger partial charge in [0, 0.05) is 24.4 Å². The average Bonchev–Trinajstić information content (AvgIpc) is 3.28. The lowest BCUT2D eigenvalue weighted by molar-refractivity contribution is -0.384. The zero-order valence-corrected chi connectivity index (χ0v) is 25.2. The highest BCUT2D eigenvalue weighted by molar-refractivity contribution is 6.15. The Kier molecular flexibility index (Phi) is 12.0. The summed E-state index contributed by atoms with van der Waals surface area (Å²) in [5.74, 6) is -3.21. The van der Waals surface area contributed by atoms with Crippen LogP contribution in [0, 0.1) is 10.1 Å². The maximum Gasteiger partial charge on any atom is 0.408 e. The van der Waals surface area contributed by atoms with Crippen LogP contribution in [0.3, 0.4) is 0 Å². The van der Waals surface area contributed by atoms with E-state index in [1.54, 1.807) is 41.5 Å². The predicted molar refractivity (Wildman–Crippen MR) is 151 cm³/mol. The molecule has 0 aromatic heterocycles. The van der Waals surface area contributed by atoms with Crippen molar-refractivity contribution in [2.75, 3.05) is 11.9 Å². The first-order valence-corrected chi connectivity index (χ1v) is 13.2. The maximum atomic E-state index is 13.2. The first-order chi connectivity index (χ1) is 19.1. The number of non-ortho nitro benzene ring substituents is 1. The van der Waals surface area contributed by atoms with Gasteiger partial charge >= 0.3 is 18.0 Å². The summed E-state index contributed by atoms with van der Waals surface area (Å²) in [6, 6.07) is 3.33. The lowest BCUT2D eigenvalue weighted by Gasteiger charge is -2.37. The Morgan fingerprint density at radius 2 is 1.55 bits per heavy atom. The minimum atomic E-state index is -1.86. The van der Waals surface area contributed by atoms with Crippen LogP contribution in [0.5, 0.6) is 0 Å². The molecule has 0 saturated carbocycles.